The number of nitrogen functional groups attached to an aromatic ring is 1. The van der Waals surface area contributed by atoms with Crippen molar-refractivity contribution in [1.82, 2.24) is 9.88 Å². The summed E-state index contributed by atoms with van der Waals surface area (Å²) in [4.78, 5) is 19.0. The van der Waals surface area contributed by atoms with Crippen LogP contribution >= 0.6 is 0 Å². The van der Waals surface area contributed by atoms with Crippen molar-refractivity contribution in [3.63, 3.8) is 0 Å². The summed E-state index contributed by atoms with van der Waals surface area (Å²) in [7, 11) is 0. The molecule has 3 N–H and O–H groups in total. The number of carbonyl (C=O) groups excluding carboxylic acids is 1. The van der Waals surface area contributed by atoms with Crippen LogP contribution in [0.15, 0.2) is 12.1 Å². The predicted molar refractivity (Wildman–Crippen MR) is 84.9 cm³/mol. The lowest BCUT2D eigenvalue weighted by Crippen LogP contribution is -2.42. The van der Waals surface area contributed by atoms with E-state index < -0.39 is 0 Å². The molecule has 0 saturated carbocycles. The van der Waals surface area contributed by atoms with E-state index in [2.05, 4.69) is 31.2 Å². The van der Waals surface area contributed by atoms with Crippen molar-refractivity contribution < 1.29 is 4.79 Å². The van der Waals surface area contributed by atoms with Gasteiger partial charge in [0.05, 0.1) is 0 Å². The van der Waals surface area contributed by atoms with Crippen molar-refractivity contribution in [2.75, 3.05) is 18.5 Å². The van der Waals surface area contributed by atoms with Gasteiger partial charge in [0.15, 0.2) is 0 Å². The molecule has 0 spiro atoms. The number of piperidine rings is 1. The van der Waals surface area contributed by atoms with Gasteiger partial charge in [0.2, 0.25) is 0 Å². The monoisotopic (exact) mass is 290 g/mol. The molecular formula is C16H26N4O. The lowest BCUT2D eigenvalue weighted by atomic mass is 9.88. The molecule has 2 rings (SSSR count). The van der Waals surface area contributed by atoms with Gasteiger partial charge in [0.25, 0.3) is 5.91 Å². The molecule has 0 bridgehead atoms. The van der Waals surface area contributed by atoms with Crippen molar-refractivity contribution in [2.24, 2.45) is 17.7 Å². The normalized spacial score (nSPS) is 22.2. The third-order valence-electron chi connectivity index (χ3n) is 4.40. The summed E-state index contributed by atoms with van der Waals surface area (Å²) in [6.07, 6.45) is 2.91. The number of nitrogens with one attached hydrogen (secondary N) is 1. The Hall–Kier alpha value is -1.62. The van der Waals surface area contributed by atoms with Crippen LogP contribution in [0.5, 0.6) is 0 Å². The molecule has 1 saturated heterocycles. The second-order valence-corrected chi connectivity index (χ2v) is 6.12. The van der Waals surface area contributed by atoms with Crippen LogP contribution in [-0.2, 0) is 6.42 Å². The molecule has 1 aliphatic rings. The number of aryl methyl sites for hydroxylation is 1. The van der Waals surface area contributed by atoms with Gasteiger partial charge in [-0.2, -0.15) is 0 Å². The summed E-state index contributed by atoms with van der Waals surface area (Å²) < 4.78 is 0. The van der Waals surface area contributed by atoms with Crippen LogP contribution in [0.1, 0.15) is 49.7 Å². The maximum absolute atomic E-state index is 12.7. The number of nitrogens with zero attached hydrogens (tertiary/aromatic N) is 2. The van der Waals surface area contributed by atoms with Crippen LogP contribution in [0.3, 0.4) is 0 Å². The maximum Gasteiger partial charge on any atom is 0.254 e. The van der Waals surface area contributed by atoms with Crippen LogP contribution in [0.2, 0.25) is 0 Å². The summed E-state index contributed by atoms with van der Waals surface area (Å²) in [6, 6.07) is 3.64. The first-order valence-electron chi connectivity index (χ1n) is 7.82. The highest BCUT2D eigenvalue weighted by atomic mass is 16.2. The van der Waals surface area contributed by atoms with E-state index >= 15 is 0 Å². The minimum absolute atomic E-state index is 0.0880. The number of nitrogens with two attached hydrogens (primary N) is 1. The molecule has 2 atom stereocenters. The summed E-state index contributed by atoms with van der Waals surface area (Å²) >= 11 is 0. The molecule has 1 fully saturated rings. The molecule has 0 radical (unpaired) electrons. The lowest BCUT2D eigenvalue weighted by Gasteiger charge is -2.35. The number of pyridine rings is 1. The van der Waals surface area contributed by atoms with Gasteiger partial charge in [-0.1, -0.05) is 27.2 Å². The first-order valence-corrected chi connectivity index (χ1v) is 7.82. The Kier molecular flexibility index (Phi) is 5.17. The average molecular weight is 290 g/mol. The van der Waals surface area contributed by atoms with Crippen molar-refractivity contribution in [2.45, 2.75) is 40.0 Å². The quantitative estimate of drug-likeness (QED) is 0.660. The van der Waals surface area contributed by atoms with Gasteiger partial charge in [0.1, 0.15) is 5.82 Å². The van der Waals surface area contributed by atoms with E-state index in [-0.39, 0.29) is 5.91 Å². The van der Waals surface area contributed by atoms with Crippen LogP contribution in [0, 0.1) is 11.8 Å². The van der Waals surface area contributed by atoms with Gasteiger partial charge in [-0.3, -0.25) is 4.79 Å². The maximum atomic E-state index is 12.7. The van der Waals surface area contributed by atoms with Gasteiger partial charge in [-0.25, -0.2) is 10.8 Å². The topological polar surface area (TPSA) is 71.2 Å². The fraction of sp³-hybridized carbons (Fsp3) is 0.625. The Morgan fingerprint density at radius 3 is 2.81 bits per heavy atom. The standard InChI is InChI=1S/C16H26N4O/c1-4-5-14-8-13(9-15(18-14)19-17)16(21)20-7-6-11(2)12(3)10-20/h8-9,11-12H,4-7,10,17H2,1-3H3,(H,18,19). The van der Waals surface area contributed by atoms with Crippen LogP contribution in [0.25, 0.3) is 0 Å². The summed E-state index contributed by atoms with van der Waals surface area (Å²) in [6.45, 7) is 8.23. The Labute approximate surface area is 126 Å². The number of carbonyl (C=O) groups is 1. The number of aromatic nitrogens is 1. The van der Waals surface area contributed by atoms with Crippen molar-refractivity contribution in [3.05, 3.63) is 23.4 Å². The summed E-state index contributed by atoms with van der Waals surface area (Å²) in [5, 5.41) is 0. The highest BCUT2D eigenvalue weighted by Crippen LogP contribution is 2.24. The fourth-order valence-corrected chi connectivity index (χ4v) is 2.80. The molecule has 0 aliphatic carbocycles. The highest BCUT2D eigenvalue weighted by molar-refractivity contribution is 5.95. The minimum Gasteiger partial charge on any atom is -0.338 e. The Bertz CT molecular complexity index is 503. The van der Waals surface area contributed by atoms with Crippen molar-refractivity contribution >= 4 is 11.7 Å². The third kappa shape index (κ3) is 3.73. The van der Waals surface area contributed by atoms with E-state index in [1.165, 1.54) is 0 Å². The largest absolute Gasteiger partial charge is 0.338 e. The lowest BCUT2D eigenvalue weighted by molar-refractivity contribution is 0.0627. The number of hydrogen-bond acceptors (Lipinski definition) is 4. The molecule has 2 heterocycles. The molecule has 1 aromatic rings. The molecule has 1 amide bonds. The average Bonchev–Trinajstić information content (AvgIpc) is 2.49. The summed E-state index contributed by atoms with van der Waals surface area (Å²) in [5.74, 6) is 7.34. The molecule has 1 aliphatic heterocycles. The molecular weight excluding hydrogens is 264 g/mol. The van der Waals surface area contributed by atoms with Gasteiger partial charge in [-0.15, -0.1) is 0 Å². The highest BCUT2D eigenvalue weighted by Gasteiger charge is 2.26. The van der Waals surface area contributed by atoms with Gasteiger partial charge < -0.3 is 10.3 Å². The van der Waals surface area contributed by atoms with E-state index in [4.69, 9.17) is 5.84 Å². The molecule has 2 unspecified atom stereocenters. The molecule has 0 aromatic carbocycles. The molecule has 5 nitrogen and oxygen atoms in total. The third-order valence-corrected chi connectivity index (χ3v) is 4.40. The molecule has 116 valence electrons. The number of rotatable bonds is 4. The second kappa shape index (κ2) is 6.89. The minimum atomic E-state index is 0.0880. The van der Waals surface area contributed by atoms with Crippen LogP contribution in [-0.4, -0.2) is 28.9 Å². The SMILES string of the molecule is CCCc1cc(C(=O)N2CCC(C)C(C)C2)cc(NN)n1. The van der Waals surface area contributed by atoms with Gasteiger partial charge in [-0.05, 0) is 36.8 Å². The first-order chi connectivity index (χ1) is 10.0. The zero-order valence-electron chi connectivity index (χ0n) is 13.2. The second-order valence-electron chi connectivity index (χ2n) is 6.12. The number of hydrogen-bond donors (Lipinski definition) is 2. The first kappa shape index (κ1) is 15.8. The van der Waals surface area contributed by atoms with Crippen molar-refractivity contribution in [1.29, 1.82) is 0 Å². The number of anilines is 1. The van der Waals surface area contributed by atoms with E-state index in [9.17, 15) is 4.79 Å². The van der Waals surface area contributed by atoms with Gasteiger partial charge >= 0.3 is 0 Å². The Balaban J connectivity index is 2.20. The molecule has 21 heavy (non-hydrogen) atoms. The summed E-state index contributed by atoms with van der Waals surface area (Å²) in [5.41, 5.74) is 4.15. The van der Waals surface area contributed by atoms with Crippen LogP contribution < -0.4 is 11.3 Å². The van der Waals surface area contributed by atoms with E-state index in [0.717, 1.165) is 38.0 Å². The number of likely N-dealkylation sites (tertiary alicyclic amines) is 1. The van der Waals surface area contributed by atoms with E-state index in [1.54, 1.807) is 6.07 Å². The zero-order chi connectivity index (χ0) is 15.4. The van der Waals surface area contributed by atoms with Crippen molar-refractivity contribution in [3.8, 4) is 0 Å². The zero-order valence-corrected chi connectivity index (χ0v) is 13.2. The van der Waals surface area contributed by atoms with E-state index in [1.807, 2.05) is 11.0 Å². The van der Waals surface area contributed by atoms with E-state index in [0.29, 0.717) is 23.2 Å². The fourth-order valence-electron chi connectivity index (χ4n) is 2.80. The number of amides is 1. The van der Waals surface area contributed by atoms with Gasteiger partial charge in [0, 0.05) is 24.3 Å². The van der Waals surface area contributed by atoms with Crippen LogP contribution in [0.4, 0.5) is 5.82 Å². The molecule has 5 heteroatoms. The Morgan fingerprint density at radius 1 is 1.43 bits per heavy atom. The predicted octanol–water partition coefficient (Wildman–Crippen LogP) is 2.44. The molecule has 1 aromatic heterocycles. The smallest absolute Gasteiger partial charge is 0.254 e. The Morgan fingerprint density at radius 2 is 2.19 bits per heavy atom. The number of hydrazine groups is 1.